The van der Waals surface area contributed by atoms with Crippen molar-refractivity contribution in [3.8, 4) is 0 Å². The molecule has 0 aromatic carbocycles. The van der Waals surface area contributed by atoms with E-state index in [1.54, 1.807) is 0 Å². The lowest BCUT2D eigenvalue weighted by molar-refractivity contribution is -0.249. The largest absolute Gasteiger partial charge is 0.447 e. The van der Waals surface area contributed by atoms with Crippen molar-refractivity contribution < 1.29 is 38.4 Å². The fourth-order valence-corrected chi connectivity index (χ4v) is 1.72. The minimum absolute atomic E-state index is 0.0504. The molecule has 3 amide bonds. The van der Waals surface area contributed by atoms with Gasteiger partial charge in [-0.25, -0.2) is 14.4 Å². The first-order valence-corrected chi connectivity index (χ1v) is 5.47. The zero-order valence-electron chi connectivity index (χ0n) is 10.3. The molecular weight excluding hydrogens is 278 g/mol. The first-order valence-electron chi connectivity index (χ1n) is 5.47. The number of aliphatic hydroxyl groups is 1. The smallest absolute Gasteiger partial charge is 0.405 e. The molecule has 7 N–H and O–H groups in total. The van der Waals surface area contributed by atoms with E-state index >= 15 is 0 Å². The van der Waals surface area contributed by atoms with Gasteiger partial charge in [-0.05, 0) is 0 Å². The van der Waals surface area contributed by atoms with Gasteiger partial charge in [0.05, 0.1) is 6.10 Å². The number of carbonyl (C=O) groups excluding carboxylic acids is 3. The number of ether oxygens (including phenoxy) is 4. The number of primary amides is 3. The second kappa shape index (κ2) is 6.77. The molecule has 114 valence electrons. The van der Waals surface area contributed by atoms with Gasteiger partial charge in [0.2, 0.25) is 0 Å². The molecule has 0 saturated carbocycles. The number of amides is 3. The van der Waals surface area contributed by atoms with E-state index in [-0.39, 0.29) is 13.0 Å². The average molecular weight is 293 g/mol. The van der Waals surface area contributed by atoms with Gasteiger partial charge in [0.25, 0.3) is 0 Å². The van der Waals surface area contributed by atoms with Crippen molar-refractivity contribution in [3.05, 3.63) is 0 Å². The van der Waals surface area contributed by atoms with E-state index in [2.05, 4.69) is 9.47 Å². The maximum absolute atomic E-state index is 10.8. The Labute approximate surface area is 112 Å². The van der Waals surface area contributed by atoms with Crippen molar-refractivity contribution in [1.29, 1.82) is 0 Å². The summed E-state index contributed by atoms with van der Waals surface area (Å²) in [6, 6.07) is 0. The third-order valence-corrected chi connectivity index (χ3v) is 2.41. The van der Waals surface area contributed by atoms with Crippen LogP contribution in [-0.4, -0.2) is 54.6 Å². The van der Waals surface area contributed by atoms with Gasteiger partial charge in [0, 0.05) is 6.42 Å². The van der Waals surface area contributed by atoms with Crippen LogP contribution in [0.2, 0.25) is 0 Å². The van der Waals surface area contributed by atoms with Gasteiger partial charge in [-0.15, -0.1) is 0 Å². The summed E-state index contributed by atoms with van der Waals surface area (Å²) in [6.45, 7) is -0.283. The molecule has 0 aromatic heterocycles. The van der Waals surface area contributed by atoms with Crippen molar-refractivity contribution in [2.75, 3.05) is 6.61 Å². The predicted molar refractivity (Wildman–Crippen MR) is 59.9 cm³/mol. The highest BCUT2D eigenvalue weighted by Gasteiger charge is 2.42. The van der Waals surface area contributed by atoms with E-state index in [4.69, 9.17) is 26.7 Å². The van der Waals surface area contributed by atoms with Gasteiger partial charge in [0.1, 0.15) is 12.7 Å². The molecule has 1 aliphatic rings. The molecule has 11 heteroatoms. The standard InChI is InChI=1S/C9H15N3O8/c10-7(14)17-2-3-1-4(19-8(11)15)5(6(13)18-3)20-9(12)16/h3-6,13H,1-2H2,(H2,10,14)(H2,11,15)(H2,12,16). The van der Waals surface area contributed by atoms with E-state index in [1.807, 2.05) is 0 Å². The summed E-state index contributed by atoms with van der Waals surface area (Å²) in [6.07, 6.45) is -8.33. The zero-order chi connectivity index (χ0) is 15.3. The first-order chi connectivity index (χ1) is 9.29. The van der Waals surface area contributed by atoms with Crippen molar-refractivity contribution in [2.24, 2.45) is 17.2 Å². The molecule has 1 rings (SSSR count). The van der Waals surface area contributed by atoms with E-state index < -0.39 is 42.9 Å². The molecule has 1 aliphatic heterocycles. The molecule has 1 fully saturated rings. The summed E-state index contributed by atoms with van der Waals surface area (Å²) in [5, 5.41) is 9.68. The van der Waals surface area contributed by atoms with Gasteiger partial charge in [0.15, 0.2) is 12.4 Å². The second-order valence-electron chi connectivity index (χ2n) is 3.89. The highest BCUT2D eigenvalue weighted by molar-refractivity contribution is 5.66. The van der Waals surface area contributed by atoms with Crippen LogP contribution in [0.5, 0.6) is 0 Å². The second-order valence-corrected chi connectivity index (χ2v) is 3.89. The monoisotopic (exact) mass is 293 g/mol. The number of hydrogen-bond acceptors (Lipinski definition) is 8. The van der Waals surface area contributed by atoms with Crippen LogP contribution >= 0.6 is 0 Å². The number of carbonyl (C=O) groups is 3. The Kier molecular flexibility index (Phi) is 5.34. The maximum Gasteiger partial charge on any atom is 0.405 e. The number of aliphatic hydroxyl groups excluding tert-OH is 1. The Morgan fingerprint density at radius 2 is 1.70 bits per heavy atom. The molecule has 1 heterocycles. The highest BCUT2D eigenvalue weighted by Crippen LogP contribution is 2.24. The minimum atomic E-state index is -1.64. The van der Waals surface area contributed by atoms with Crippen LogP contribution in [0.1, 0.15) is 6.42 Å². The number of nitrogens with two attached hydrogens (primary N) is 3. The normalized spacial score (nSPS) is 29.2. The van der Waals surface area contributed by atoms with Crippen LogP contribution in [0.15, 0.2) is 0 Å². The summed E-state index contributed by atoms with van der Waals surface area (Å²) in [5.74, 6) is 0. The molecule has 0 aliphatic carbocycles. The van der Waals surface area contributed by atoms with E-state index in [1.165, 1.54) is 0 Å². The molecule has 0 radical (unpaired) electrons. The quantitative estimate of drug-likeness (QED) is 0.433. The summed E-state index contributed by atoms with van der Waals surface area (Å²) < 4.78 is 18.8. The summed E-state index contributed by atoms with van der Waals surface area (Å²) in [5.41, 5.74) is 14.5. The van der Waals surface area contributed by atoms with Crippen LogP contribution in [0.4, 0.5) is 14.4 Å². The Bertz CT molecular complexity index is 389. The van der Waals surface area contributed by atoms with E-state index in [9.17, 15) is 19.5 Å². The van der Waals surface area contributed by atoms with Gasteiger partial charge in [-0.3, -0.25) is 0 Å². The van der Waals surface area contributed by atoms with E-state index in [0.717, 1.165) is 0 Å². The van der Waals surface area contributed by atoms with Crippen LogP contribution in [0.25, 0.3) is 0 Å². The van der Waals surface area contributed by atoms with Crippen molar-refractivity contribution in [1.82, 2.24) is 0 Å². The predicted octanol–water partition coefficient (Wildman–Crippen LogP) is -1.88. The Hall–Kier alpha value is -2.27. The topological polar surface area (TPSA) is 186 Å². The average Bonchev–Trinajstić information content (AvgIpc) is 2.29. The number of rotatable bonds is 4. The van der Waals surface area contributed by atoms with Crippen molar-refractivity contribution in [3.63, 3.8) is 0 Å². The van der Waals surface area contributed by atoms with E-state index in [0.29, 0.717) is 0 Å². The third kappa shape index (κ3) is 4.78. The lowest BCUT2D eigenvalue weighted by atomic mass is 10.0. The van der Waals surface area contributed by atoms with Crippen LogP contribution in [0, 0.1) is 0 Å². The summed E-state index contributed by atoms with van der Waals surface area (Å²) in [7, 11) is 0. The van der Waals surface area contributed by atoms with Crippen molar-refractivity contribution >= 4 is 18.3 Å². The van der Waals surface area contributed by atoms with Crippen molar-refractivity contribution in [2.45, 2.75) is 31.0 Å². The van der Waals surface area contributed by atoms with Gasteiger partial charge in [-0.1, -0.05) is 0 Å². The Morgan fingerprint density at radius 1 is 1.10 bits per heavy atom. The lowest BCUT2D eigenvalue weighted by Crippen LogP contribution is -2.54. The van der Waals surface area contributed by atoms with Crippen LogP contribution in [-0.2, 0) is 18.9 Å². The molecule has 0 spiro atoms. The van der Waals surface area contributed by atoms with Gasteiger partial charge >= 0.3 is 18.3 Å². The lowest BCUT2D eigenvalue weighted by Gasteiger charge is -2.37. The molecule has 0 aromatic rings. The molecule has 4 atom stereocenters. The summed E-state index contributed by atoms with van der Waals surface area (Å²) in [4.78, 5) is 32.0. The minimum Gasteiger partial charge on any atom is -0.447 e. The van der Waals surface area contributed by atoms with Crippen LogP contribution < -0.4 is 17.2 Å². The fraction of sp³-hybridized carbons (Fsp3) is 0.667. The Balaban J connectivity index is 2.71. The first kappa shape index (κ1) is 15.8. The molecule has 4 unspecified atom stereocenters. The Morgan fingerprint density at radius 3 is 2.20 bits per heavy atom. The zero-order valence-corrected chi connectivity index (χ0v) is 10.3. The number of hydrogen-bond donors (Lipinski definition) is 4. The molecular formula is C9H15N3O8. The van der Waals surface area contributed by atoms with Gasteiger partial charge < -0.3 is 41.3 Å². The maximum atomic E-state index is 10.8. The van der Waals surface area contributed by atoms with Crippen LogP contribution in [0.3, 0.4) is 0 Å². The molecule has 0 bridgehead atoms. The summed E-state index contributed by atoms with van der Waals surface area (Å²) >= 11 is 0. The fourth-order valence-electron chi connectivity index (χ4n) is 1.72. The third-order valence-electron chi connectivity index (χ3n) is 2.41. The molecule has 1 saturated heterocycles. The highest BCUT2D eigenvalue weighted by atomic mass is 16.7. The van der Waals surface area contributed by atoms with Gasteiger partial charge in [-0.2, -0.15) is 0 Å². The molecule has 11 nitrogen and oxygen atoms in total. The SMILES string of the molecule is NC(=O)OCC1CC(OC(N)=O)C(OC(N)=O)C(O)O1. The molecule has 20 heavy (non-hydrogen) atoms.